The topological polar surface area (TPSA) is 110 Å². The molecule has 6 nitrogen and oxygen atoms in total. The summed E-state index contributed by atoms with van der Waals surface area (Å²) < 4.78 is 0. The summed E-state index contributed by atoms with van der Waals surface area (Å²) in [4.78, 5) is 16.8. The number of nitrogens with two attached hydrogens (primary N) is 1. The SMILES string of the molecule is CCCN(CCC)Cc1ccc(-c2c(C#N)c(N)[nH]c(=O)c2C#N)cc1. The van der Waals surface area contributed by atoms with Crippen LogP contribution in [0.25, 0.3) is 11.1 Å². The Hall–Kier alpha value is -3.09. The number of nitrogens with one attached hydrogen (secondary N) is 1. The smallest absolute Gasteiger partial charge is 0.268 e. The molecule has 0 unspecified atom stereocenters. The van der Waals surface area contributed by atoms with Crippen molar-refractivity contribution < 1.29 is 0 Å². The molecule has 1 heterocycles. The van der Waals surface area contributed by atoms with Crippen LogP contribution in [0.4, 0.5) is 5.82 Å². The molecule has 0 saturated carbocycles. The Balaban J connectivity index is 2.42. The van der Waals surface area contributed by atoms with E-state index in [0.29, 0.717) is 11.1 Å². The van der Waals surface area contributed by atoms with Crippen LogP contribution in [0.5, 0.6) is 0 Å². The van der Waals surface area contributed by atoms with Crippen LogP contribution in [-0.4, -0.2) is 23.0 Å². The van der Waals surface area contributed by atoms with E-state index in [4.69, 9.17) is 5.73 Å². The second-order valence-electron chi connectivity index (χ2n) is 6.19. The third-order valence-electron chi connectivity index (χ3n) is 4.20. The van der Waals surface area contributed by atoms with Gasteiger partial charge in [0.15, 0.2) is 0 Å². The Morgan fingerprint density at radius 1 is 1.04 bits per heavy atom. The monoisotopic (exact) mass is 349 g/mol. The molecule has 1 aromatic heterocycles. The van der Waals surface area contributed by atoms with Gasteiger partial charge in [-0.05, 0) is 37.1 Å². The molecule has 0 amide bonds. The Morgan fingerprint density at radius 2 is 1.62 bits per heavy atom. The zero-order valence-corrected chi connectivity index (χ0v) is 15.2. The zero-order chi connectivity index (χ0) is 19.1. The van der Waals surface area contributed by atoms with E-state index >= 15 is 0 Å². The van der Waals surface area contributed by atoms with E-state index in [1.807, 2.05) is 36.4 Å². The first-order valence-corrected chi connectivity index (χ1v) is 8.73. The number of aromatic nitrogens is 1. The predicted octanol–water partition coefficient (Wildman–Crippen LogP) is 2.99. The van der Waals surface area contributed by atoms with Crippen LogP contribution in [0.15, 0.2) is 29.1 Å². The summed E-state index contributed by atoms with van der Waals surface area (Å²) in [5, 5.41) is 18.7. The van der Waals surface area contributed by atoms with Gasteiger partial charge in [-0.2, -0.15) is 10.5 Å². The summed E-state index contributed by atoms with van der Waals surface area (Å²) in [7, 11) is 0. The number of anilines is 1. The molecule has 0 aliphatic heterocycles. The van der Waals surface area contributed by atoms with Gasteiger partial charge in [0, 0.05) is 12.1 Å². The first-order valence-electron chi connectivity index (χ1n) is 8.73. The van der Waals surface area contributed by atoms with Gasteiger partial charge in [-0.1, -0.05) is 38.1 Å². The third kappa shape index (κ3) is 4.11. The van der Waals surface area contributed by atoms with Gasteiger partial charge in [-0.3, -0.25) is 9.69 Å². The molecule has 2 aromatic rings. The Kier molecular flexibility index (Phi) is 6.54. The van der Waals surface area contributed by atoms with Crippen molar-refractivity contribution in [2.45, 2.75) is 33.2 Å². The van der Waals surface area contributed by atoms with Crippen LogP contribution in [0.3, 0.4) is 0 Å². The summed E-state index contributed by atoms with van der Waals surface area (Å²) in [6, 6.07) is 11.5. The Morgan fingerprint density at radius 3 is 2.12 bits per heavy atom. The number of nitrogen functional groups attached to an aromatic ring is 1. The molecule has 0 saturated heterocycles. The molecule has 0 spiro atoms. The third-order valence-corrected chi connectivity index (χ3v) is 4.20. The summed E-state index contributed by atoms with van der Waals surface area (Å²) in [5.41, 5.74) is 7.28. The van der Waals surface area contributed by atoms with Gasteiger partial charge in [-0.15, -0.1) is 0 Å². The largest absolute Gasteiger partial charge is 0.384 e. The average Bonchev–Trinajstić information content (AvgIpc) is 2.62. The van der Waals surface area contributed by atoms with Crippen LogP contribution >= 0.6 is 0 Å². The maximum atomic E-state index is 12.0. The van der Waals surface area contributed by atoms with Crippen LogP contribution < -0.4 is 11.3 Å². The van der Waals surface area contributed by atoms with Gasteiger partial charge in [0.25, 0.3) is 5.56 Å². The van der Waals surface area contributed by atoms with Gasteiger partial charge in [0.1, 0.15) is 29.1 Å². The number of aromatic amines is 1. The number of hydrogen-bond donors (Lipinski definition) is 2. The second-order valence-corrected chi connectivity index (χ2v) is 6.19. The van der Waals surface area contributed by atoms with E-state index in [9.17, 15) is 15.3 Å². The maximum absolute atomic E-state index is 12.0. The van der Waals surface area contributed by atoms with Crippen LogP contribution in [0.1, 0.15) is 43.4 Å². The van der Waals surface area contributed by atoms with E-state index in [-0.39, 0.29) is 16.9 Å². The fraction of sp³-hybridized carbons (Fsp3) is 0.350. The lowest BCUT2D eigenvalue weighted by molar-refractivity contribution is 0.266. The first kappa shape index (κ1) is 19.2. The first-order chi connectivity index (χ1) is 12.5. The quantitative estimate of drug-likeness (QED) is 0.798. The maximum Gasteiger partial charge on any atom is 0.268 e. The van der Waals surface area contributed by atoms with Crippen molar-refractivity contribution >= 4 is 5.82 Å². The highest BCUT2D eigenvalue weighted by atomic mass is 16.1. The van der Waals surface area contributed by atoms with Crippen molar-refractivity contribution in [2.75, 3.05) is 18.8 Å². The van der Waals surface area contributed by atoms with Gasteiger partial charge in [0.2, 0.25) is 0 Å². The lowest BCUT2D eigenvalue weighted by Crippen LogP contribution is -2.24. The van der Waals surface area contributed by atoms with Crippen LogP contribution in [0, 0.1) is 22.7 Å². The summed E-state index contributed by atoms with van der Waals surface area (Å²) in [6.07, 6.45) is 2.20. The second kappa shape index (κ2) is 8.84. The number of hydrogen-bond acceptors (Lipinski definition) is 5. The molecule has 0 aliphatic carbocycles. The molecule has 0 fully saturated rings. The average molecular weight is 349 g/mol. The van der Waals surface area contributed by atoms with E-state index < -0.39 is 5.56 Å². The summed E-state index contributed by atoms with van der Waals surface area (Å²) in [6.45, 7) is 7.25. The summed E-state index contributed by atoms with van der Waals surface area (Å²) in [5.74, 6) is -0.0207. The van der Waals surface area contributed by atoms with Crippen molar-refractivity contribution in [3.05, 3.63) is 51.3 Å². The fourth-order valence-electron chi connectivity index (χ4n) is 3.07. The minimum atomic E-state index is -0.583. The number of nitriles is 2. The molecule has 1 aromatic carbocycles. The Bertz CT molecular complexity index is 894. The van der Waals surface area contributed by atoms with Crippen LogP contribution in [0.2, 0.25) is 0 Å². The molecule has 26 heavy (non-hydrogen) atoms. The highest BCUT2D eigenvalue weighted by Gasteiger charge is 2.18. The van der Waals surface area contributed by atoms with Crippen molar-refractivity contribution in [2.24, 2.45) is 0 Å². The molecule has 3 N–H and O–H groups in total. The summed E-state index contributed by atoms with van der Waals surface area (Å²) >= 11 is 0. The fourth-order valence-corrected chi connectivity index (χ4v) is 3.07. The molecular formula is C20H23N5O. The molecular weight excluding hydrogens is 326 g/mol. The van der Waals surface area contributed by atoms with Gasteiger partial charge in [0.05, 0.1) is 0 Å². The van der Waals surface area contributed by atoms with E-state index in [1.54, 1.807) is 0 Å². The van der Waals surface area contributed by atoms with Gasteiger partial charge < -0.3 is 10.7 Å². The lowest BCUT2D eigenvalue weighted by atomic mass is 9.96. The minimum absolute atomic E-state index is 0.0207. The highest BCUT2D eigenvalue weighted by Crippen LogP contribution is 2.28. The molecule has 0 radical (unpaired) electrons. The predicted molar refractivity (Wildman–Crippen MR) is 102 cm³/mol. The van der Waals surface area contributed by atoms with Gasteiger partial charge >= 0.3 is 0 Å². The normalized spacial score (nSPS) is 10.5. The molecule has 2 rings (SSSR count). The number of H-pyrrole nitrogens is 1. The van der Waals surface area contributed by atoms with E-state index in [0.717, 1.165) is 38.0 Å². The lowest BCUT2D eigenvalue weighted by Gasteiger charge is -2.21. The number of rotatable bonds is 7. The van der Waals surface area contributed by atoms with Crippen molar-refractivity contribution in [3.8, 4) is 23.3 Å². The van der Waals surface area contributed by atoms with E-state index in [2.05, 4.69) is 23.7 Å². The van der Waals surface area contributed by atoms with Crippen molar-refractivity contribution in [1.82, 2.24) is 9.88 Å². The molecule has 0 aliphatic rings. The molecule has 0 bridgehead atoms. The van der Waals surface area contributed by atoms with Gasteiger partial charge in [-0.25, -0.2) is 0 Å². The number of benzene rings is 1. The standard InChI is InChI=1S/C20H23N5O/c1-3-9-25(10-4-2)13-14-5-7-15(8-6-14)18-16(11-21)19(23)24-20(26)17(18)12-22/h5-8H,3-4,9-10,13H2,1-2H3,(H3,23,24,26). The molecule has 0 atom stereocenters. The van der Waals surface area contributed by atoms with E-state index in [1.165, 1.54) is 0 Å². The molecule has 6 heteroatoms. The molecule has 134 valence electrons. The number of pyridine rings is 1. The zero-order valence-electron chi connectivity index (χ0n) is 15.2. The number of nitrogens with zero attached hydrogens (tertiary/aromatic N) is 3. The van der Waals surface area contributed by atoms with Crippen molar-refractivity contribution in [1.29, 1.82) is 10.5 Å². The van der Waals surface area contributed by atoms with Crippen molar-refractivity contribution in [3.63, 3.8) is 0 Å². The minimum Gasteiger partial charge on any atom is -0.384 e. The Labute approximate surface area is 153 Å². The van der Waals surface area contributed by atoms with Crippen LogP contribution in [-0.2, 0) is 6.54 Å². The highest BCUT2D eigenvalue weighted by molar-refractivity contribution is 5.80.